The van der Waals surface area contributed by atoms with Crippen LogP contribution in [0.4, 0.5) is 5.69 Å². The highest BCUT2D eigenvalue weighted by Gasteiger charge is 2.49. The van der Waals surface area contributed by atoms with Crippen molar-refractivity contribution in [2.24, 2.45) is 0 Å². The number of hydroxylamine groups is 1. The van der Waals surface area contributed by atoms with Crippen molar-refractivity contribution in [3.63, 3.8) is 0 Å². The first kappa shape index (κ1) is 24.8. The van der Waals surface area contributed by atoms with E-state index in [0.717, 1.165) is 16.1 Å². The third-order valence-corrected chi connectivity index (χ3v) is 10.5. The maximum atomic E-state index is 13.2. The topological polar surface area (TPSA) is 116 Å². The molecule has 0 spiro atoms. The first-order valence-electron chi connectivity index (χ1n) is 11.3. The summed E-state index contributed by atoms with van der Waals surface area (Å²) in [5.41, 5.74) is 3.17. The fraction of sp³-hybridized carbons (Fsp3) is 0.478. The van der Waals surface area contributed by atoms with Gasteiger partial charge in [-0.3, -0.25) is 14.8 Å². The van der Waals surface area contributed by atoms with Crippen LogP contribution >= 0.6 is 11.3 Å². The van der Waals surface area contributed by atoms with E-state index in [1.807, 2.05) is 35.3 Å². The Morgan fingerprint density at radius 1 is 1.21 bits per heavy atom. The van der Waals surface area contributed by atoms with Crippen LogP contribution in [0, 0.1) is 0 Å². The minimum absolute atomic E-state index is 0.0154. The van der Waals surface area contributed by atoms with E-state index >= 15 is 0 Å². The Bertz CT molecular complexity index is 1160. The molecule has 184 valence electrons. The van der Waals surface area contributed by atoms with Crippen molar-refractivity contribution in [3.8, 4) is 10.4 Å². The van der Waals surface area contributed by atoms with Crippen molar-refractivity contribution in [2.75, 3.05) is 37.1 Å². The normalized spacial score (nSPS) is 22.8. The average molecular weight is 508 g/mol. The van der Waals surface area contributed by atoms with Crippen LogP contribution in [0.15, 0.2) is 36.4 Å². The largest absolute Gasteiger partial charge is 0.379 e. The maximum absolute atomic E-state index is 13.2. The van der Waals surface area contributed by atoms with Crippen LogP contribution in [0.25, 0.3) is 10.4 Å². The number of thiophene rings is 1. The lowest BCUT2D eigenvalue weighted by Crippen LogP contribution is -2.51. The van der Waals surface area contributed by atoms with Crippen LogP contribution in [-0.4, -0.2) is 62.5 Å². The second kappa shape index (κ2) is 10.1. The van der Waals surface area contributed by atoms with E-state index in [2.05, 4.69) is 0 Å². The number of nitrogens with zero attached hydrogens (tertiary/aromatic N) is 2. The number of hydrogen-bond donors (Lipinski definition) is 2. The number of hydrogen-bond acceptors (Lipinski definition) is 8. The molecular formula is C23H29N3O6S2. The smallest absolute Gasteiger partial charge is 0.245 e. The fourth-order valence-electron chi connectivity index (χ4n) is 4.74. The van der Waals surface area contributed by atoms with Crippen molar-refractivity contribution in [2.45, 2.75) is 37.4 Å². The van der Waals surface area contributed by atoms with E-state index in [9.17, 15) is 18.0 Å². The Labute approximate surface area is 203 Å². The summed E-state index contributed by atoms with van der Waals surface area (Å²) in [5.74, 6) is -0.806. The molecule has 0 aliphatic carbocycles. The molecular weight excluding hydrogens is 478 g/mol. The highest BCUT2D eigenvalue weighted by Crippen LogP contribution is 2.47. The SMILES string of the molecule is CC(=O)N(c1cccc(-c2ccc([C@@]3(CC(=O)NO)CCCCS3(=O)=O)s2)c1)N1CCOCC1. The predicted molar refractivity (Wildman–Crippen MR) is 129 cm³/mol. The van der Waals surface area contributed by atoms with E-state index < -0.39 is 20.5 Å². The van der Waals surface area contributed by atoms with Crippen LogP contribution in [0.2, 0.25) is 0 Å². The zero-order chi connectivity index (χ0) is 24.3. The predicted octanol–water partition coefficient (Wildman–Crippen LogP) is 2.70. The van der Waals surface area contributed by atoms with Gasteiger partial charge in [-0.05, 0) is 42.7 Å². The Balaban J connectivity index is 1.70. The van der Waals surface area contributed by atoms with Crippen LogP contribution < -0.4 is 10.5 Å². The average Bonchev–Trinajstić information content (AvgIpc) is 3.32. The van der Waals surface area contributed by atoms with Crippen molar-refractivity contribution in [1.82, 2.24) is 10.5 Å². The molecule has 0 bridgehead atoms. The number of ether oxygens (including phenoxy) is 1. The third-order valence-electron chi connectivity index (χ3n) is 6.41. The van der Waals surface area contributed by atoms with Gasteiger partial charge in [0, 0.05) is 29.8 Å². The Hall–Kier alpha value is -2.31. The summed E-state index contributed by atoms with van der Waals surface area (Å²) < 4.78 is 30.4. The molecule has 11 heteroatoms. The van der Waals surface area contributed by atoms with Crippen LogP contribution in [0.5, 0.6) is 0 Å². The molecule has 2 N–H and O–H groups in total. The first-order chi connectivity index (χ1) is 16.3. The zero-order valence-electron chi connectivity index (χ0n) is 19.0. The number of sulfone groups is 1. The molecule has 2 aliphatic heterocycles. The minimum Gasteiger partial charge on any atom is -0.379 e. The van der Waals surface area contributed by atoms with Gasteiger partial charge in [-0.2, -0.15) is 0 Å². The van der Waals surface area contributed by atoms with E-state index in [0.29, 0.717) is 50.4 Å². The first-order valence-corrected chi connectivity index (χ1v) is 13.7. The molecule has 34 heavy (non-hydrogen) atoms. The summed E-state index contributed by atoms with van der Waals surface area (Å²) >= 11 is 1.33. The summed E-state index contributed by atoms with van der Waals surface area (Å²) in [6.45, 7) is 3.85. The number of carbonyl (C=O) groups excluding carboxylic acids is 2. The third kappa shape index (κ3) is 4.76. The Kier molecular flexibility index (Phi) is 7.39. The second-order valence-electron chi connectivity index (χ2n) is 8.59. The molecule has 1 aromatic heterocycles. The molecule has 4 rings (SSSR count). The van der Waals surface area contributed by atoms with Gasteiger partial charge in [-0.1, -0.05) is 18.6 Å². The standard InChI is InChI=1S/C23H29N3O6S2/c1-17(27)26(25-10-12-32-13-11-25)19-6-4-5-18(15-19)20-7-8-21(33-20)23(16-22(28)24-29)9-2-3-14-34(23,30)31/h4-8,15,29H,2-3,9-14,16H2,1H3,(H,24,28)/t23-/m0/s1. The molecule has 2 saturated heterocycles. The Morgan fingerprint density at radius 3 is 2.65 bits per heavy atom. The quantitative estimate of drug-likeness (QED) is 0.456. The molecule has 0 unspecified atom stereocenters. The fourth-order valence-corrected chi connectivity index (χ4v) is 8.52. The van der Waals surface area contributed by atoms with Gasteiger partial charge >= 0.3 is 0 Å². The number of nitrogens with one attached hydrogen (secondary N) is 1. The number of hydrazine groups is 1. The minimum atomic E-state index is -3.59. The van der Waals surface area contributed by atoms with Crippen molar-refractivity contribution in [3.05, 3.63) is 41.3 Å². The zero-order valence-corrected chi connectivity index (χ0v) is 20.7. The molecule has 9 nitrogen and oxygen atoms in total. The van der Waals surface area contributed by atoms with E-state index in [-0.39, 0.29) is 18.1 Å². The maximum Gasteiger partial charge on any atom is 0.245 e. The highest BCUT2D eigenvalue weighted by atomic mass is 32.2. The van der Waals surface area contributed by atoms with Gasteiger partial charge in [0.2, 0.25) is 11.8 Å². The van der Waals surface area contributed by atoms with Gasteiger partial charge in [0.15, 0.2) is 9.84 Å². The summed E-state index contributed by atoms with van der Waals surface area (Å²) in [5, 5.41) is 12.7. The van der Waals surface area contributed by atoms with Crippen molar-refractivity contribution in [1.29, 1.82) is 0 Å². The molecule has 2 aromatic rings. The van der Waals surface area contributed by atoms with E-state index in [4.69, 9.17) is 9.94 Å². The number of benzene rings is 1. The van der Waals surface area contributed by atoms with Gasteiger partial charge < -0.3 is 4.74 Å². The van der Waals surface area contributed by atoms with Gasteiger partial charge in [0.05, 0.1) is 31.1 Å². The van der Waals surface area contributed by atoms with Gasteiger partial charge in [-0.25, -0.2) is 23.9 Å². The van der Waals surface area contributed by atoms with Crippen LogP contribution in [-0.2, 0) is 28.9 Å². The molecule has 1 atom stereocenters. The monoisotopic (exact) mass is 507 g/mol. The number of carbonyl (C=O) groups is 2. The molecule has 0 saturated carbocycles. The number of morpholine rings is 1. The van der Waals surface area contributed by atoms with Gasteiger partial charge in [-0.15, -0.1) is 11.3 Å². The molecule has 2 fully saturated rings. The number of amides is 2. The number of rotatable bonds is 6. The van der Waals surface area contributed by atoms with Crippen molar-refractivity contribution < 1.29 is 28.0 Å². The molecule has 3 heterocycles. The summed E-state index contributed by atoms with van der Waals surface area (Å²) in [6, 6.07) is 11.2. The molecule has 0 radical (unpaired) electrons. The lowest BCUT2D eigenvalue weighted by Gasteiger charge is -2.36. The highest BCUT2D eigenvalue weighted by molar-refractivity contribution is 7.92. The van der Waals surface area contributed by atoms with E-state index in [1.54, 1.807) is 16.6 Å². The second-order valence-corrected chi connectivity index (χ2v) is 12.1. The molecule has 2 amide bonds. The molecule has 1 aromatic carbocycles. The molecule has 2 aliphatic rings. The lowest BCUT2D eigenvalue weighted by molar-refractivity contribution is -0.130. The van der Waals surface area contributed by atoms with Gasteiger partial charge in [0.1, 0.15) is 4.75 Å². The summed E-state index contributed by atoms with van der Waals surface area (Å²) in [6.07, 6.45) is 1.26. The van der Waals surface area contributed by atoms with Crippen molar-refractivity contribution >= 4 is 38.7 Å². The van der Waals surface area contributed by atoms with E-state index in [1.165, 1.54) is 18.3 Å². The van der Waals surface area contributed by atoms with Crippen LogP contribution in [0.3, 0.4) is 0 Å². The Morgan fingerprint density at radius 2 is 1.97 bits per heavy atom. The van der Waals surface area contributed by atoms with Gasteiger partial charge in [0.25, 0.3) is 0 Å². The summed E-state index contributed by atoms with van der Waals surface area (Å²) in [7, 11) is -3.59. The summed E-state index contributed by atoms with van der Waals surface area (Å²) in [4.78, 5) is 26.0. The van der Waals surface area contributed by atoms with Crippen LogP contribution in [0.1, 0.15) is 37.5 Å². The number of anilines is 1. The lowest BCUT2D eigenvalue weighted by atomic mass is 9.94.